The van der Waals surface area contributed by atoms with Crippen LogP contribution in [0.5, 0.6) is 0 Å². The zero-order valence-electron chi connectivity index (χ0n) is 7.78. The first-order valence-corrected chi connectivity index (χ1v) is 4.48. The molecule has 1 aromatic heterocycles. The van der Waals surface area contributed by atoms with E-state index in [1.54, 1.807) is 18.2 Å². The molecule has 0 spiro atoms. The molecular weight excluding hydrogens is 220 g/mol. The summed E-state index contributed by atoms with van der Waals surface area (Å²) in [4.78, 5) is 14.9. The summed E-state index contributed by atoms with van der Waals surface area (Å²) in [5.41, 5.74) is 1.12. The van der Waals surface area contributed by atoms with Gasteiger partial charge in [0.25, 0.3) is 0 Å². The van der Waals surface area contributed by atoms with Gasteiger partial charge < -0.3 is 9.15 Å². The van der Waals surface area contributed by atoms with Gasteiger partial charge in [0.15, 0.2) is 5.58 Å². The molecule has 0 bridgehead atoms. The van der Waals surface area contributed by atoms with E-state index in [1.165, 1.54) is 7.11 Å². The molecule has 0 aliphatic heterocycles. The van der Waals surface area contributed by atoms with Crippen molar-refractivity contribution in [1.29, 1.82) is 0 Å². The molecule has 5 nitrogen and oxygen atoms in total. The van der Waals surface area contributed by atoms with Crippen LogP contribution in [0.4, 0.5) is 10.8 Å². The number of aromatic nitrogens is 1. The highest BCUT2D eigenvalue weighted by Crippen LogP contribution is 2.22. The Bertz CT molecular complexity index is 509. The highest BCUT2D eigenvalue weighted by molar-refractivity contribution is 6.31. The first-order valence-electron chi connectivity index (χ1n) is 4.10. The molecule has 0 saturated carbocycles. The number of amides is 1. The van der Waals surface area contributed by atoms with Crippen LogP contribution >= 0.6 is 11.6 Å². The lowest BCUT2D eigenvalue weighted by atomic mass is 10.3. The van der Waals surface area contributed by atoms with E-state index in [1.807, 2.05) is 0 Å². The molecule has 0 aliphatic carbocycles. The maximum Gasteiger partial charge on any atom is 0.414 e. The summed E-state index contributed by atoms with van der Waals surface area (Å²) in [5.74, 6) is 0. The number of oxazole rings is 1. The summed E-state index contributed by atoms with van der Waals surface area (Å²) >= 11 is 5.77. The lowest BCUT2D eigenvalue weighted by molar-refractivity contribution is 0.186. The second-order valence-corrected chi connectivity index (χ2v) is 3.18. The van der Waals surface area contributed by atoms with Crippen molar-refractivity contribution in [3.8, 4) is 0 Å². The molecule has 0 atom stereocenters. The quantitative estimate of drug-likeness (QED) is 0.812. The molecule has 2 aromatic rings. The normalized spacial score (nSPS) is 10.3. The summed E-state index contributed by atoms with van der Waals surface area (Å²) in [6.45, 7) is 0. The molecule has 1 amide bonds. The highest BCUT2D eigenvalue weighted by atomic mass is 35.5. The van der Waals surface area contributed by atoms with Gasteiger partial charge in [0, 0.05) is 5.02 Å². The molecule has 1 aromatic carbocycles. The summed E-state index contributed by atoms with van der Waals surface area (Å²) < 4.78 is 9.61. The lowest BCUT2D eigenvalue weighted by Gasteiger charge is -1.95. The van der Waals surface area contributed by atoms with Crippen molar-refractivity contribution in [2.24, 2.45) is 0 Å². The first-order chi connectivity index (χ1) is 7.19. The number of fused-ring (bicyclic) bond motifs is 1. The second kappa shape index (κ2) is 3.78. The first kappa shape index (κ1) is 9.79. The van der Waals surface area contributed by atoms with Crippen molar-refractivity contribution in [3.05, 3.63) is 23.2 Å². The fraction of sp³-hybridized carbons (Fsp3) is 0.111. The van der Waals surface area contributed by atoms with Gasteiger partial charge in [-0.2, -0.15) is 4.98 Å². The Kier molecular flexibility index (Phi) is 2.47. The summed E-state index contributed by atoms with van der Waals surface area (Å²) in [6.07, 6.45) is -0.632. The topological polar surface area (TPSA) is 64.4 Å². The smallest absolute Gasteiger partial charge is 0.414 e. The Morgan fingerprint density at radius 3 is 3.13 bits per heavy atom. The molecule has 6 heteroatoms. The molecule has 0 radical (unpaired) electrons. The summed E-state index contributed by atoms with van der Waals surface area (Å²) in [6, 6.07) is 5.08. The second-order valence-electron chi connectivity index (χ2n) is 2.75. The zero-order chi connectivity index (χ0) is 10.8. The van der Waals surface area contributed by atoms with Crippen LogP contribution in [0.25, 0.3) is 11.1 Å². The number of halogens is 1. The van der Waals surface area contributed by atoms with Gasteiger partial charge in [-0.25, -0.2) is 10.1 Å². The Hall–Kier alpha value is -1.75. The monoisotopic (exact) mass is 226 g/mol. The minimum Gasteiger partial charge on any atom is -0.453 e. The molecule has 0 saturated heterocycles. The molecule has 0 aliphatic rings. The Morgan fingerprint density at radius 1 is 1.60 bits per heavy atom. The van der Waals surface area contributed by atoms with Crippen molar-refractivity contribution < 1.29 is 13.9 Å². The number of hydrogen-bond acceptors (Lipinski definition) is 4. The fourth-order valence-electron chi connectivity index (χ4n) is 1.09. The van der Waals surface area contributed by atoms with Crippen LogP contribution in [0.3, 0.4) is 0 Å². The molecule has 0 unspecified atom stereocenters. The number of nitrogens with zero attached hydrogens (tertiary/aromatic N) is 1. The number of ether oxygens (including phenoxy) is 1. The van der Waals surface area contributed by atoms with Crippen LogP contribution in [0, 0.1) is 0 Å². The maximum absolute atomic E-state index is 10.9. The third kappa shape index (κ3) is 2.02. The van der Waals surface area contributed by atoms with E-state index in [-0.39, 0.29) is 6.01 Å². The third-order valence-electron chi connectivity index (χ3n) is 1.74. The van der Waals surface area contributed by atoms with Crippen molar-refractivity contribution in [1.82, 2.24) is 4.98 Å². The van der Waals surface area contributed by atoms with Gasteiger partial charge in [0.05, 0.1) is 7.11 Å². The SMILES string of the molecule is COC(=O)Nc1nc2cc(Cl)ccc2o1. The average molecular weight is 227 g/mol. The van der Waals surface area contributed by atoms with Gasteiger partial charge in [0.1, 0.15) is 5.52 Å². The zero-order valence-corrected chi connectivity index (χ0v) is 8.54. The van der Waals surface area contributed by atoms with Crippen LogP contribution in [0.1, 0.15) is 0 Å². The molecule has 2 rings (SSSR count). The van der Waals surface area contributed by atoms with E-state index in [9.17, 15) is 4.79 Å². The van der Waals surface area contributed by atoms with Crippen molar-refractivity contribution in [3.63, 3.8) is 0 Å². The maximum atomic E-state index is 10.9. The van der Waals surface area contributed by atoms with E-state index in [0.29, 0.717) is 16.1 Å². The van der Waals surface area contributed by atoms with Crippen molar-refractivity contribution in [2.75, 3.05) is 12.4 Å². The van der Waals surface area contributed by atoms with Crippen LogP contribution in [0.2, 0.25) is 5.02 Å². The van der Waals surface area contributed by atoms with Gasteiger partial charge >= 0.3 is 12.1 Å². The number of methoxy groups -OCH3 is 1. The number of carbonyl (C=O) groups excluding carboxylic acids is 1. The van der Waals surface area contributed by atoms with Gasteiger partial charge in [-0.05, 0) is 18.2 Å². The highest BCUT2D eigenvalue weighted by Gasteiger charge is 2.08. The molecular formula is C9H7ClN2O3. The Labute approximate surface area is 90.0 Å². The third-order valence-corrected chi connectivity index (χ3v) is 1.98. The van der Waals surface area contributed by atoms with Crippen molar-refractivity contribution >= 4 is 34.8 Å². The number of benzene rings is 1. The van der Waals surface area contributed by atoms with Crippen LogP contribution in [-0.2, 0) is 4.74 Å². The molecule has 78 valence electrons. The number of hydrogen-bond donors (Lipinski definition) is 1. The van der Waals surface area contributed by atoms with Crippen LogP contribution in [0.15, 0.2) is 22.6 Å². The number of anilines is 1. The largest absolute Gasteiger partial charge is 0.453 e. The predicted molar refractivity (Wildman–Crippen MR) is 55.0 cm³/mol. The van der Waals surface area contributed by atoms with E-state index in [0.717, 1.165) is 0 Å². The Balaban J connectivity index is 2.34. The summed E-state index contributed by atoms with van der Waals surface area (Å²) in [7, 11) is 1.26. The number of rotatable bonds is 1. The Morgan fingerprint density at radius 2 is 2.40 bits per heavy atom. The van der Waals surface area contributed by atoms with Gasteiger partial charge in [0.2, 0.25) is 0 Å². The summed E-state index contributed by atoms with van der Waals surface area (Å²) in [5, 5.41) is 2.87. The lowest BCUT2D eigenvalue weighted by Crippen LogP contribution is -2.10. The predicted octanol–water partition coefficient (Wildman–Crippen LogP) is 2.66. The molecule has 1 N–H and O–H groups in total. The molecule has 0 fully saturated rings. The fourth-order valence-corrected chi connectivity index (χ4v) is 1.26. The van der Waals surface area contributed by atoms with E-state index >= 15 is 0 Å². The van der Waals surface area contributed by atoms with Gasteiger partial charge in [-0.1, -0.05) is 11.6 Å². The minimum absolute atomic E-state index is 0.0825. The standard InChI is InChI=1S/C9H7ClN2O3/c1-14-9(13)12-8-11-6-4-5(10)2-3-7(6)15-8/h2-4H,1H3,(H,11,12,13). The van der Waals surface area contributed by atoms with Crippen LogP contribution < -0.4 is 5.32 Å². The van der Waals surface area contributed by atoms with Gasteiger partial charge in [-0.15, -0.1) is 0 Å². The van der Waals surface area contributed by atoms with E-state index in [2.05, 4.69) is 15.0 Å². The minimum atomic E-state index is -0.632. The van der Waals surface area contributed by atoms with Gasteiger partial charge in [-0.3, -0.25) is 0 Å². The van der Waals surface area contributed by atoms with Crippen molar-refractivity contribution in [2.45, 2.75) is 0 Å². The number of nitrogens with one attached hydrogen (secondary N) is 1. The van der Waals surface area contributed by atoms with E-state index < -0.39 is 6.09 Å². The number of carbonyl (C=O) groups is 1. The average Bonchev–Trinajstić information content (AvgIpc) is 2.59. The molecule has 15 heavy (non-hydrogen) atoms. The molecule has 1 heterocycles. The van der Waals surface area contributed by atoms with E-state index in [4.69, 9.17) is 16.0 Å². The van der Waals surface area contributed by atoms with Crippen LogP contribution in [-0.4, -0.2) is 18.2 Å².